The van der Waals surface area contributed by atoms with Crippen LogP contribution in [0.1, 0.15) is 106 Å². The first-order chi connectivity index (χ1) is 14.6. The molecule has 1 nitrogen and oxygen atoms in total. The molecule has 0 fully saturated rings. The smallest absolute Gasteiger partial charge is 0.0499 e. The first kappa shape index (κ1) is 29.4. The third kappa shape index (κ3) is 17.7. The van der Waals surface area contributed by atoms with E-state index < -0.39 is 0 Å². The predicted molar refractivity (Wildman–Crippen MR) is 141 cm³/mol. The lowest BCUT2D eigenvalue weighted by atomic mass is 9.97. The number of hydrogen-bond donors (Lipinski definition) is 1. The van der Waals surface area contributed by atoms with Crippen LogP contribution in [0.25, 0.3) is 0 Å². The molecule has 0 unspecified atom stereocenters. The Hall–Kier alpha value is -1.60. The second-order valence-electron chi connectivity index (χ2n) is 9.60. The zero-order chi connectivity index (χ0) is 23.6. The van der Waals surface area contributed by atoms with E-state index in [4.69, 9.17) is 0 Å². The fourth-order valence-corrected chi connectivity index (χ4v) is 3.41. The molecule has 0 spiro atoms. The summed E-state index contributed by atoms with van der Waals surface area (Å²) in [6, 6.07) is 0. The maximum Gasteiger partial charge on any atom is 0.0499 e. The number of allylic oxidation sites excluding steroid dienone is 10. The van der Waals surface area contributed by atoms with Crippen LogP contribution in [-0.4, -0.2) is 11.7 Å². The second-order valence-corrected chi connectivity index (χ2v) is 9.60. The Morgan fingerprint density at radius 2 is 0.968 bits per heavy atom. The Labute approximate surface area is 194 Å². The van der Waals surface area contributed by atoms with Gasteiger partial charge in [-0.1, -0.05) is 70.4 Å². The predicted octanol–water partition coefficient (Wildman–Crippen LogP) is 9.43. The molecule has 0 aromatic heterocycles. The molecule has 0 bridgehead atoms. The molecular formula is C30H50O. The third-order valence-electron chi connectivity index (χ3n) is 5.85. The molecule has 31 heavy (non-hydrogen) atoms. The summed E-state index contributed by atoms with van der Waals surface area (Å²) in [6.45, 7) is 19.5. The van der Waals surface area contributed by atoms with Crippen molar-refractivity contribution >= 4 is 0 Å². The van der Waals surface area contributed by atoms with Crippen molar-refractivity contribution in [3.8, 4) is 0 Å². The molecule has 0 saturated carbocycles. The molecule has 0 aromatic rings. The molecule has 1 heteroatoms. The van der Waals surface area contributed by atoms with Crippen molar-refractivity contribution in [3.63, 3.8) is 0 Å². The topological polar surface area (TPSA) is 20.2 Å². The molecular weight excluding hydrogens is 376 g/mol. The fourth-order valence-electron chi connectivity index (χ4n) is 3.41. The number of aliphatic hydroxyl groups excluding tert-OH is 1. The minimum absolute atomic E-state index is 0.192. The Kier molecular flexibility index (Phi) is 17.1. The lowest BCUT2D eigenvalue weighted by Crippen LogP contribution is -2.05. The van der Waals surface area contributed by atoms with E-state index in [1.54, 1.807) is 0 Å². The van der Waals surface area contributed by atoms with E-state index in [2.05, 4.69) is 78.5 Å². The SMILES string of the molecule is C=C(C)[C@H](CO)C/C=C(\C)CC/C=C(\C)CC/C=C(\C)CC/C=C(\C)CCC=C(C)C. The summed E-state index contributed by atoms with van der Waals surface area (Å²) in [4.78, 5) is 0. The average Bonchev–Trinajstić information content (AvgIpc) is 2.67. The van der Waals surface area contributed by atoms with Crippen molar-refractivity contribution in [2.75, 3.05) is 6.61 Å². The van der Waals surface area contributed by atoms with E-state index in [0.29, 0.717) is 0 Å². The van der Waals surface area contributed by atoms with Gasteiger partial charge in [0.05, 0.1) is 0 Å². The highest BCUT2D eigenvalue weighted by molar-refractivity contribution is 5.09. The number of rotatable bonds is 16. The van der Waals surface area contributed by atoms with E-state index in [0.717, 1.165) is 50.5 Å². The highest BCUT2D eigenvalue weighted by Gasteiger charge is 2.05. The standard InChI is InChI=1S/C30H50O/c1-24(2)13-9-14-26(5)15-10-16-27(6)17-11-18-28(7)19-12-20-29(8)21-22-30(23-31)25(3)4/h13,15,17,19,21,30-31H,3,9-12,14,16,18,20,22-23H2,1-2,4-8H3/b26-15+,27-17+,28-19+,29-21+/t30-/m0/s1. The van der Waals surface area contributed by atoms with Gasteiger partial charge in [-0.05, 0) is 106 Å². The lowest BCUT2D eigenvalue weighted by Gasteiger charge is -2.11. The molecule has 1 N–H and O–H groups in total. The van der Waals surface area contributed by atoms with Crippen molar-refractivity contribution in [3.05, 3.63) is 70.4 Å². The van der Waals surface area contributed by atoms with Crippen LogP contribution in [0.3, 0.4) is 0 Å². The van der Waals surface area contributed by atoms with Gasteiger partial charge < -0.3 is 5.11 Å². The molecule has 0 rings (SSSR count). The van der Waals surface area contributed by atoms with Gasteiger partial charge >= 0.3 is 0 Å². The summed E-state index contributed by atoms with van der Waals surface area (Å²) in [5, 5.41) is 9.39. The Morgan fingerprint density at radius 1 is 0.613 bits per heavy atom. The Bertz CT molecular complexity index is 663. The quantitative estimate of drug-likeness (QED) is 0.244. The van der Waals surface area contributed by atoms with Gasteiger partial charge in [0.15, 0.2) is 0 Å². The van der Waals surface area contributed by atoms with Gasteiger partial charge in [-0.25, -0.2) is 0 Å². The minimum atomic E-state index is 0.192. The monoisotopic (exact) mass is 426 g/mol. The highest BCUT2D eigenvalue weighted by Crippen LogP contribution is 2.17. The maximum absolute atomic E-state index is 9.39. The van der Waals surface area contributed by atoms with Gasteiger partial charge in [-0.15, -0.1) is 0 Å². The van der Waals surface area contributed by atoms with Crippen LogP contribution in [0.15, 0.2) is 70.4 Å². The molecule has 0 saturated heterocycles. The van der Waals surface area contributed by atoms with Crippen LogP contribution in [0.4, 0.5) is 0 Å². The van der Waals surface area contributed by atoms with Crippen molar-refractivity contribution in [2.45, 2.75) is 106 Å². The highest BCUT2D eigenvalue weighted by atomic mass is 16.3. The van der Waals surface area contributed by atoms with Gasteiger partial charge in [0.25, 0.3) is 0 Å². The molecule has 0 aliphatic heterocycles. The first-order valence-corrected chi connectivity index (χ1v) is 12.2. The molecule has 0 aromatic carbocycles. The van der Waals surface area contributed by atoms with E-state index >= 15 is 0 Å². The van der Waals surface area contributed by atoms with E-state index in [-0.39, 0.29) is 12.5 Å². The zero-order valence-electron chi connectivity index (χ0n) is 21.7. The summed E-state index contributed by atoms with van der Waals surface area (Å²) in [6.07, 6.45) is 21.9. The summed E-state index contributed by atoms with van der Waals surface area (Å²) >= 11 is 0. The molecule has 0 amide bonds. The Morgan fingerprint density at radius 3 is 1.29 bits per heavy atom. The van der Waals surface area contributed by atoms with Crippen molar-refractivity contribution < 1.29 is 5.11 Å². The minimum Gasteiger partial charge on any atom is -0.396 e. The summed E-state index contributed by atoms with van der Waals surface area (Å²) in [5.74, 6) is 0.198. The van der Waals surface area contributed by atoms with Gasteiger partial charge in [-0.2, -0.15) is 0 Å². The largest absolute Gasteiger partial charge is 0.396 e. The normalized spacial score (nSPS) is 14.6. The first-order valence-electron chi connectivity index (χ1n) is 12.2. The molecule has 0 aliphatic carbocycles. The van der Waals surface area contributed by atoms with Gasteiger partial charge in [0.1, 0.15) is 0 Å². The van der Waals surface area contributed by atoms with Gasteiger partial charge in [0.2, 0.25) is 0 Å². The zero-order valence-corrected chi connectivity index (χ0v) is 21.7. The van der Waals surface area contributed by atoms with Crippen LogP contribution in [0.5, 0.6) is 0 Å². The van der Waals surface area contributed by atoms with Gasteiger partial charge in [0, 0.05) is 12.5 Å². The number of aliphatic hydroxyl groups is 1. The number of hydrogen-bond acceptors (Lipinski definition) is 1. The second kappa shape index (κ2) is 18.0. The van der Waals surface area contributed by atoms with Crippen LogP contribution < -0.4 is 0 Å². The van der Waals surface area contributed by atoms with Crippen LogP contribution >= 0.6 is 0 Å². The van der Waals surface area contributed by atoms with Gasteiger partial charge in [-0.3, -0.25) is 0 Å². The average molecular weight is 427 g/mol. The maximum atomic E-state index is 9.39. The van der Waals surface area contributed by atoms with E-state index in [1.807, 2.05) is 6.92 Å². The summed E-state index contributed by atoms with van der Waals surface area (Å²) < 4.78 is 0. The fraction of sp³-hybridized carbons (Fsp3) is 0.600. The van der Waals surface area contributed by atoms with Crippen LogP contribution in [0.2, 0.25) is 0 Å². The molecule has 0 radical (unpaired) electrons. The Balaban J connectivity index is 4.17. The van der Waals surface area contributed by atoms with Crippen LogP contribution in [-0.2, 0) is 0 Å². The van der Waals surface area contributed by atoms with Crippen molar-refractivity contribution in [1.29, 1.82) is 0 Å². The molecule has 176 valence electrons. The summed E-state index contributed by atoms with van der Waals surface area (Å²) in [7, 11) is 0. The molecule has 0 heterocycles. The van der Waals surface area contributed by atoms with Crippen LogP contribution in [0, 0.1) is 5.92 Å². The third-order valence-corrected chi connectivity index (χ3v) is 5.85. The molecule has 1 atom stereocenters. The van der Waals surface area contributed by atoms with Crippen molar-refractivity contribution in [1.82, 2.24) is 0 Å². The molecule has 0 aliphatic rings. The van der Waals surface area contributed by atoms with E-state index in [1.165, 1.54) is 40.7 Å². The lowest BCUT2D eigenvalue weighted by molar-refractivity contribution is 0.247. The summed E-state index contributed by atoms with van der Waals surface area (Å²) in [5.41, 5.74) is 8.40. The van der Waals surface area contributed by atoms with Crippen molar-refractivity contribution in [2.24, 2.45) is 5.92 Å². The van der Waals surface area contributed by atoms with E-state index in [9.17, 15) is 5.11 Å².